The van der Waals surface area contributed by atoms with E-state index in [2.05, 4.69) is 0 Å². The van der Waals surface area contributed by atoms with Gasteiger partial charge in [-0.1, -0.05) is 12.1 Å². The van der Waals surface area contributed by atoms with Crippen LogP contribution < -0.4 is 5.73 Å². The summed E-state index contributed by atoms with van der Waals surface area (Å²) in [4.78, 5) is 14.5. The zero-order valence-corrected chi connectivity index (χ0v) is 11.7. The summed E-state index contributed by atoms with van der Waals surface area (Å²) in [5, 5.41) is 0. The summed E-state index contributed by atoms with van der Waals surface area (Å²) in [6.45, 7) is 6.51. The molecule has 0 aromatic heterocycles. The van der Waals surface area contributed by atoms with Crippen molar-refractivity contribution in [2.45, 2.75) is 25.8 Å². The number of morpholine rings is 1. The zero-order chi connectivity index (χ0) is 13.9. The fourth-order valence-corrected chi connectivity index (χ4v) is 2.42. The SMILES string of the molecule is CC1(C)COCCN1C(=O)c1cccc(CCN)c1. The lowest BCUT2D eigenvalue weighted by Crippen LogP contribution is -2.55. The van der Waals surface area contributed by atoms with Crippen LogP contribution in [0.15, 0.2) is 24.3 Å². The van der Waals surface area contributed by atoms with E-state index in [0.717, 1.165) is 17.5 Å². The Kier molecular flexibility index (Phi) is 4.22. The smallest absolute Gasteiger partial charge is 0.254 e. The van der Waals surface area contributed by atoms with Crippen molar-refractivity contribution in [3.05, 3.63) is 35.4 Å². The molecule has 1 fully saturated rings. The third-order valence-electron chi connectivity index (χ3n) is 3.50. The van der Waals surface area contributed by atoms with E-state index in [1.54, 1.807) is 0 Å². The van der Waals surface area contributed by atoms with E-state index in [1.807, 2.05) is 43.0 Å². The maximum absolute atomic E-state index is 12.6. The van der Waals surface area contributed by atoms with Crippen LogP contribution in [0.4, 0.5) is 0 Å². The summed E-state index contributed by atoms with van der Waals surface area (Å²) in [6.07, 6.45) is 0.799. The lowest BCUT2D eigenvalue weighted by molar-refractivity contribution is -0.0370. The molecule has 0 bridgehead atoms. The second kappa shape index (κ2) is 5.72. The first-order chi connectivity index (χ1) is 9.04. The molecule has 4 nitrogen and oxygen atoms in total. The number of rotatable bonds is 3. The standard InChI is InChI=1S/C15H22N2O2/c1-15(2)11-19-9-8-17(15)14(18)13-5-3-4-12(10-13)6-7-16/h3-5,10H,6-9,11,16H2,1-2H3. The second-order valence-electron chi connectivity index (χ2n) is 5.56. The molecule has 1 aromatic carbocycles. The number of ether oxygens (including phenoxy) is 1. The average Bonchev–Trinajstić information content (AvgIpc) is 2.38. The quantitative estimate of drug-likeness (QED) is 0.896. The normalized spacial score (nSPS) is 18.4. The monoisotopic (exact) mass is 262 g/mol. The second-order valence-corrected chi connectivity index (χ2v) is 5.56. The molecule has 19 heavy (non-hydrogen) atoms. The third-order valence-corrected chi connectivity index (χ3v) is 3.50. The molecule has 104 valence electrons. The Labute approximate surface area is 114 Å². The number of nitrogens with two attached hydrogens (primary N) is 1. The molecule has 4 heteroatoms. The summed E-state index contributed by atoms with van der Waals surface area (Å²) in [6, 6.07) is 7.74. The molecule has 1 aliphatic heterocycles. The van der Waals surface area contributed by atoms with Crippen LogP contribution >= 0.6 is 0 Å². The van der Waals surface area contributed by atoms with Gasteiger partial charge in [0.05, 0.1) is 18.8 Å². The fraction of sp³-hybridized carbons (Fsp3) is 0.533. The molecule has 0 spiro atoms. The summed E-state index contributed by atoms with van der Waals surface area (Å²) < 4.78 is 5.45. The van der Waals surface area contributed by atoms with E-state index in [0.29, 0.717) is 26.3 Å². The van der Waals surface area contributed by atoms with E-state index < -0.39 is 0 Å². The van der Waals surface area contributed by atoms with Crippen LogP contribution in [0, 0.1) is 0 Å². The van der Waals surface area contributed by atoms with Crippen molar-refractivity contribution in [1.82, 2.24) is 4.90 Å². The zero-order valence-electron chi connectivity index (χ0n) is 11.7. The van der Waals surface area contributed by atoms with E-state index in [4.69, 9.17) is 10.5 Å². The Bertz CT molecular complexity index is 457. The summed E-state index contributed by atoms with van der Waals surface area (Å²) in [5.74, 6) is 0.0761. The summed E-state index contributed by atoms with van der Waals surface area (Å²) >= 11 is 0. The molecule has 2 N–H and O–H groups in total. The van der Waals surface area contributed by atoms with E-state index in [-0.39, 0.29) is 11.4 Å². The molecule has 0 aliphatic carbocycles. The molecule has 0 unspecified atom stereocenters. The van der Waals surface area contributed by atoms with Gasteiger partial charge in [-0.05, 0) is 44.5 Å². The Balaban J connectivity index is 2.20. The maximum Gasteiger partial charge on any atom is 0.254 e. The molecule has 1 amide bonds. The highest BCUT2D eigenvalue weighted by molar-refractivity contribution is 5.95. The molecule has 0 saturated carbocycles. The molecule has 0 atom stereocenters. The van der Waals surface area contributed by atoms with Gasteiger partial charge in [0.15, 0.2) is 0 Å². The van der Waals surface area contributed by atoms with Crippen molar-refractivity contribution >= 4 is 5.91 Å². The van der Waals surface area contributed by atoms with Gasteiger partial charge in [-0.3, -0.25) is 4.79 Å². The molecular formula is C15H22N2O2. The van der Waals surface area contributed by atoms with Gasteiger partial charge < -0.3 is 15.4 Å². The van der Waals surface area contributed by atoms with Gasteiger partial charge in [0, 0.05) is 12.1 Å². The number of amides is 1. The number of nitrogens with zero attached hydrogens (tertiary/aromatic N) is 1. The van der Waals surface area contributed by atoms with Crippen LogP contribution in [0.3, 0.4) is 0 Å². The third kappa shape index (κ3) is 3.14. The molecule has 1 aliphatic rings. The first kappa shape index (κ1) is 14.0. The lowest BCUT2D eigenvalue weighted by atomic mass is 10.00. The Morgan fingerprint density at radius 1 is 1.47 bits per heavy atom. The number of carbonyl (C=O) groups excluding carboxylic acids is 1. The van der Waals surface area contributed by atoms with Crippen LogP contribution in [0.1, 0.15) is 29.8 Å². The van der Waals surface area contributed by atoms with E-state index in [9.17, 15) is 4.79 Å². The first-order valence-corrected chi connectivity index (χ1v) is 6.73. The van der Waals surface area contributed by atoms with E-state index in [1.165, 1.54) is 0 Å². The predicted molar refractivity (Wildman–Crippen MR) is 75.1 cm³/mol. The van der Waals surface area contributed by atoms with Gasteiger partial charge in [-0.2, -0.15) is 0 Å². The van der Waals surface area contributed by atoms with Crippen LogP contribution in [-0.2, 0) is 11.2 Å². The molecule has 1 saturated heterocycles. The summed E-state index contributed by atoms with van der Waals surface area (Å²) in [5.41, 5.74) is 7.16. The van der Waals surface area contributed by atoms with Crippen LogP contribution in [0.2, 0.25) is 0 Å². The van der Waals surface area contributed by atoms with Crippen molar-refractivity contribution in [3.8, 4) is 0 Å². The Morgan fingerprint density at radius 3 is 2.95 bits per heavy atom. The minimum absolute atomic E-state index is 0.0761. The fourth-order valence-electron chi connectivity index (χ4n) is 2.42. The van der Waals surface area contributed by atoms with Crippen molar-refractivity contribution in [3.63, 3.8) is 0 Å². The van der Waals surface area contributed by atoms with Crippen LogP contribution in [0.5, 0.6) is 0 Å². The van der Waals surface area contributed by atoms with Gasteiger partial charge in [0.25, 0.3) is 5.91 Å². The van der Waals surface area contributed by atoms with Gasteiger partial charge in [-0.15, -0.1) is 0 Å². The molecule has 1 aromatic rings. The Morgan fingerprint density at radius 2 is 2.26 bits per heavy atom. The van der Waals surface area contributed by atoms with Crippen molar-refractivity contribution in [2.75, 3.05) is 26.3 Å². The summed E-state index contributed by atoms with van der Waals surface area (Å²) in [7, 11) is 0. The van der Waals surface area contributed by atoms with Gasteiger partial charge in [-0.25, -0.2) is 0 Å². The number of benzene rings is 1. The predicted octanol–water partition coefficient (Wildman–Crippen LogP) is 1.44. The highest BCUT2D eigenvalue weighted by Crippen LogP contribution is 2.22. The first-order valence-electron chi connectivity index (χ1n) is 6.73. The molecular weight excluding hydrogens is 240 g/mol. The van der Waals surface area contributed by atoms with Gasteiger partial charge in [0.1, 0.15) is 0 Å². The van der Waals surface area contributed by atoms with Gasteiger partial charge in [0.2, 0.25) is 0 Å². The maximum atomic E-state index is 12.6. The molecule has 2 rings (SSSR count). The lowest BCUT2D eigenvalue weighted by Gasteiger charge is -2.42. The number of hydrogen-bond acceptors (Lipinski definition) is 3. The van der Waals surface area contributed by atoms with Crippen molar-refractivity contribution < 1.29 is 9.53 Å². The van der Waals surface area contributed by atoms with Gasteiger partial charge >= 0.3 is 0 Å². The average molecular weight is 262 g/mol. The largest absolute Gasteiger partial charge is 0.377 e. The molecule has 1 heterocycles. The number of carbonyl (C=O) groups is 1. The van der Waals surface area contributed by atoms with E-state index >= 15 is 0 Å². The van der Waals surface area contributed by atoms with Crippen molar-refractivity contribution in [2.24, 2.45) is 5.73 Å². The number of hydrogen-bond donors (Lipinski definition) is 1. The van der Waals surface area contributed by atoms with Crippen LogP contribution in [0.25, 0.3) is 0 Å². The Hall–Kier alpha value is -1.39. The topological polar surface area (TPSA) is 55.6 Å². The van der Waals surface area contributed by atoms with Crippen molar-refractivity contribution in [1.29, 1.82) is 0 Å². The molecule has 0 radical (unpaired) electrons. The highest BCUT2D eigenvalue weighted by Gasteiger charge is 2.34. The minimum atomic E-state index is -0.251. The van der Waals surface area contributed by atoms with Crippen LogP contribution in [-0.4, -0.2) is 42.6 Å². The highest BCUT2D eigenvalue weighted by atomic mass is 16.5. The minimum Gasteiger partial charge on any atom is -0.377 e.